The quantitative estimate of drug-likeness (QED) is 0.603. The second-order valence-electron chi connectivity index (χ2n) is 3.43. The molecule has 0 heterocycles. The highest BCUT2D eigenvalue weighted by Crippen LogP contribution is 2.20. The summed E-state index contributed by atoms with van der Waals surface area (Å²) in [6.07, 6.45) is 0. The average molecular weight is 146 g/mol. The molecule has 0 aliphatic carbocycles. The second kappa shape index (κ2) is 2.52. The van der Waals surface area contributed by atoms with Crippen molar-refractivity contribution in [2.75, 3.05) is 0 Å². The molecular weight excluding hydrogens is 132 g/mol. The first kappa shape index (κ1) is 8.69. The number of carboxylic acids is 1. The average Bonchev–Trinajstić information content (AvgIpc) is 1.62. The van der Waals surface area contributed by atoms with Crippen LogP contribution < -0.4 is 0 Å². The Morgan fingerprint density at radius 1 is 1.44 bits per heavy atom. The molecule has 0 saturated heterocycles. The van der Waals surface area contributed by atoms with Crippen LogP contribution in [0.4, 0.5) is 0 Å². The molecule has 3 heteroatoms. The second-order valence-corrected chi connectivity index (χ2v) is 9.02. The molecule has 0 aromatic carbocycles. The Labute approximate surface area is 56.9 Å². The van der Waals surface area contributed by atoms with Gasteiger partial charge >= 0.3 is 5.97 Å². The van der Waals surface area contributed by atoms with Gasteiger partial charge in [-0.15, -0.1) is 0 Å². The van der Waals surface area contributed by atoms with E-state index in [1.807, 2.05) is 0 Å². The molecule has 0 unspecified atom stereocenters. The summed E-state index contributed by atoms with van der Waals surface area (Å²) in [5, 5.41) is 8.55. The minimum atomic E-state index is -1.42. The zero-order valence-corrected chi connectivity index (χ0v) is 7.43. The van der Waals surface area contributed by atoms with E-state index in [2.05, 4.69) is 19.6 Å². The van der Waals surface area contributed by atoms with Crippen molar-refractivity contribution in [1.82, 2.24) is 0 Å². The number of hydrogen-bond acceptors (Lipinski definition) is 1. The largest absolute Gasteiger partial charge is 0.481 e. The molecule has 0 aliphatic heterocycles. The van der Waals surface area contributed by atoms with Gasteiger partial charge in [0.2, 0.25) is 0 Å². The highest BCUT2D eigenvalue weighted by molar-refractivity contribution is 6.80. The first-order valence-corrected chi connectivity index (χ1v) is 6.66. The molecule has 0 fully saturated rings. The van der Waals surface area contributed by atoms with E-state index in [0.717, 1.165) is 0 Å². The number of carbonyl (C=O) groups is 1. The zero-order chi connectivity index (χ0) is 7.65. The molecule has 0 aromatic rings. The standard InChI is InChI=1S/C6H14O2Si/c1-5(6(7)8)9(2,3)4/h5H,1-4H3,(H,7,8)/t5-/m1/s1. The Kier molecular flexibility index (Phi) is 2.43. The van der Waals surface area contributed by atoms with Crippen LogP contribution in [-0.4, -0.2) is 19.1 Å². The number of carboxylic acid groups (broad SMARTS) is 1. The minimum Gasteiger partial charge on any atom is -0.481 e. The van der Waals surface area contributed by atoms with Gasteiger partial charge in [-0.05, 0) is 0 Å². The number of hydrogen-bond donors (Lipinski definition) is 1. The third-order valence-corrected chi connectivity index (χ3v) is 4.51. The number of rotatable bonds is 2. The fraction of sp³-hybridized carbons (Fsp3) is 0.833. The lowest BCUT2D eigenvalue weighted by molar-refractivity contribution is -0.136. The van der Waals surface area contributed by atoms with Gasteiger partial charge in [0.15, 0.2) is 0 Å². The van der Waals surface area contributed by atoms with Crippen molar-refractivity contribution < 1.29 is 9.90 Å². The van der Waals surface area contributed by atoms with Crippen molar-refractivity contribution in [3.8, 4) is 0 Å². The maximum Gasteiger partial charge on any atom is 0.303 e. The van der Waals surface area contributed by atoms with E-state index in [-0.39, 0.29) is 5.54 Å². The minimum absolute atomic E-state index is 0.127. The van der Waals surface area contributed by atoms with Crippen molar-refractivity contribution in [2.24, 2.45) is 0 Å². The SMILES string of the molecule is C[C@H](C(=O)O)[Si](C)(C)C. The van der Waals surface area contributed by atoms with E-state index < -0.39 is 14.0 Å². The van der Waals surface area contributed by atoms with Gasteiger partial charge in [-0.25, -0.2) is 0 Å². The Morgan fingerprint density at radius 3 is 1.78 bits per heavy atom. The van der Waals surface area contributed by atoms with Crippen LogP contribution in [0.1, 0.15) is 6.92 Å². The predicted molar refractivity (Wildman–Crippen MR) is 40.4 cm³/mol. The van der Waals surface area contributed by atoms with Crippen LogP contribution in [0.5, 0.6) is 0 Å². The maximum absolute atomic E-state index is 10.4. The molecule has 1 N–H and O–H groups in total. The Morgan fingerprint density at radius 2 is 1.78 bits per heavy atom. The summed E-state index contributed by atoms with van der Waals surface area (Å²) in [5.74, 6) is -0.658. The van der Waals surface area contributed by atoms with Gasteiger partial charge < -0.3 is 5.11 Å². The topological polar surface area (TPSA) is 37.3 Å². The van der Waals surface area contributed by atoms with Crippen LogP contribution in [0.3, 0.4) is 0 Å². The molecule has 1 atom stereocenters. The van der Waals surface area contributed by atoms with Gasteiger partial charge in [0.05, 0.1) is 8.07 Å². The molecular formula is C6H14O2Si. The lowest BCUT2D eigenvalue weighted by Gasteiger charge is -2.20. The van der Waals surface area contributed by atoms with Crippen molar-refractivity contribution in [1.29, 1.82) is 0 Å². The molecule has 0 bridgehead atoms. The summed E-state index contributed by atoms with van der Waals surface area (Å²) in [6.45, 7) is 7.97. The first-order valence-electron chi connectivity index (χ1n) is 3.08. The Balaban J connectivity index is 4.04. The number of aliphatic carboxylic acids is 1. The van der Waals surface area contributed by atoms with E-state index in [0.29, 0.717) is 0 Å². The van der Waals surface area contributed by atoms with Crippen molar-refractivity contribution in [2.45, 2.75) is 32.1 Å². The fourth-order valence-corrected chi connectivity index (χ4v) is 1.11. The molecule has 0 rings (SSSR count). The summed E-state index contributed by atoms with van der Waals surface area (Å²) in [5.41, 5.74) is -0.127. The van der Waals surface area contributed by atoms with E-state index in [1.165, 1.54) is 0 Å². The summed E-state index contributed by atoms with van der Waals surface area (Å²) >= 11 is 0. The molecule has 0 amide bonds. The van der Waals surface area contributed by atoms with Crippen LogP contribution in [0.2, 0.25) is 25.2 Å². The molecule has 0 aromatic heterocycles. The van der Waals surface area contributed by atoms with Gasteiger partial charge in [0.25, 0.3) is 0 Å². The van der Waals surface area contributed by atoms with Crippen molar-refractivity contribution in [3.63, 3.8) is 0 Å². The predicted octanol–water partition coefficient (Wildman–Crippen LogP) is 1.80. The summed E-state index contributed by atoms with van der Waals surface area (Å²) < 4.78 is 0. The van der Waals surface area contributed by atoms with Crippen molar-refractivity contribution in [3.05, 3.63) is 0 Å². The first-order chi connectivity index (χ1) is 3.85. The molecule has 9 heavy (non-hydrogen) atoms. The third-order valence-electron chi connectivity index (χ3n) is 1.67. The Bertz CT molecular complexity index is 115. The molecule has 0 spiro atoms. The van der Waals surface area contributed by atoms with Crippen molar-refractivity contribution >= 4 is 14.0 Å². The highest BCUT2D eigenvalue weighted by Gasteiger charge is 2.27. The summed E-state index contributed by atoms with van der Waals surface area (Å²) in [4.78, 5) is 10.4. The van der Waals surface area contributed by atoms with Crippen LogP contribution in [0, 0.1) is 0 Å². The van der Waals surface area contributed by atoms with Crippen LogP contribution in [0.25, 0.3) is 0 Å². The van der Waals surface area contributed by atoms with Gasteiger partial charge in [-0.3, -0.25) is 4.79 Å². The molecule has 0 saturated carbocycles. The smallest absolute Gasteiger partial charge is 0.303 e. The molecule has 54 valence electrons. The van der Waals surface area contributed by atoms with E-state index in [9.17, 15) is 4.79 Å². The Hall–Kier alpha value is -0.313. The lowest BCUT2D eigenvalue weighted by atomic mass is 10.5. The highest BCUT2D eigenvalue weighted by atomic mass is 28.3. The third kappa shape index (κ3) is 2.65. The monoisotopic (exact) mass is 146 g/mol. The van der Waals surface area contributed by atoms with Gasteiger partial charge in [0.1, 0.15) is 0 Å². The van der Waals surface area contributed by atoms with E-state index in [1.54, 1.807) is 6.92 Å². The summed E-state index contributed by atoms with van der Waals surface area (Å²) in [7, 11) is -1.42. The van der Waals surface area contributed by atoms with Crippen LogP contribution >= 0.6 is 0 Å². The van der Waals surface area contributed by atoms with Gasteiger partial charge in [-0.2, -0.15) is 0 Å². The lowest BCUT2D eigenvalue weighted by Crippen LogP contribution is -2.31. The van der Waals surface area contributed by atoms with Crippen LogP contribution in [0.15, 0.2) is 0 Å². The zero-order valence-electron chi connectivity index (χ0n) is 6.43. The molecule has 0 radical (unpaired) electrons. The van der Waals surface area contributed by atoms with Crippen LogP contribution in [-0.2, 0) is 4.79 Å². The van der Waals surface area contributed by atoms with E-state index in [4.69, 9.17) is 5.11 Å². The maximum atomic E-state index is 10.4. The van der Waals surface area contributed by atoms with E-state index >= 15 is 0 Å². The fourth-order valence-electron chi connectivity index (χ4n) is 0.370. The summed E-state index contributed by atoms with van der Waals surface area (Å²) in [6, 6.07) is 0. The normalized spacial score (nSPS) is 15.1. The van der Waals surface area contributed by atoms with Gasteiger partial charge in [-0.1, -0.05) is 26.6 Å². The molecule has 2 nitrogen and oxygen atoms in total. The van der Waals surface area contributed by atoms with Gasteiger partial charge in [0, 0.05) is 5.54 Å². The molecule has 0 aliphatic rings.